The van der Waals surface area contributed by atoms with E-state index in [4.69, 9.17) is 32.7 Å². The van der Waals surface area contributed by atoms with Crippen molar-refractivity contribution < 1.29 is 28.2 Å². The molecule has 3 aromatic rings. The van der Waals surface area contributed by atoms with Crippen molar-refractivity contribution in [2.75, 3.05) is 12.0 Å². The van der Waals surface area contributed by atoms with Crippen LogP contribution in [-0.4, -0.2) is 25.0 Å². The van der Waals surface area contributed by atoms with Gasteiger partial charge in [-0.3, -0.25) is 14.9 Å². The molecule has 1 saturated heterocycles. The Hall–Kier alpha value is -3.88. The first-order valence-corrected chi connectivity index (χ1v) is 10.9. The molecule has 4 rings (SSSR count). The number of carbonyl (C=O) groups excluding carboxylic acids is 3. The molecule has 10 heteroatoms. The van der Waals surface area contributed by atoms with Gasteiger partial charge in [-0.25, -0.2) is 14.1 Å². The van der Waals surface area contributed by atoms with Crippen molar-refractivity contribution in [3.05, 3.63) is 93.2 Å². The highest BCUT2D eigenvalue weighted by molar-refractivity contribution is 6.40. The van der Waals surface area contributed by atoms with Crippen LogP contribution in [0.3, 0.4) is 0 Å². The summed E-state index contributed by atoms with van der Waals surface area (Å²) in [5, 5.41) is 2.53. The number of benzene rings is 3. The van der Waals surface area contributed by atoms with Gasteiger partial charge in [0.15, 0.2) is 0 Å². The van der Waals surface area contributed by atoms with Gasteiger partial charge >= 0.3 is 6.03 Å². The third-order valence-electron chi connectivity index (χ3n) is 5.07. The minimum atomic E-state index is -0.890. The summed E-state index contributed by atoms with van der Waals surface area (Å²) in [5.74, 6) is -1.43. The summed E-state index contributed by atoms with van der Waals surface area (Å²) in [5.41, 5.74) is 0.819. The monoisotopic (exact) mass is 514 g/mol. The summed E-state index contributed by atoms with van der Waals surface area (Å²) < 4.78 is 24.1. The maximum atomic E-state index is 13.2. The van der Waals surface area contributed by atoms with Crippen molar-refractivity contribution in [2.24, 2.45) is 0 Å². The number of nitrogens with zero attached hydrogens (tertiary/aromatic N) is 1. The summed E-state index contributed by atoms with van der Waals surface area (Å²) >= 11 is 12.5. The molecule has 0 unspecified atom stereocenters. The van der Waals surface area contributed by atoms with Crippen molar-refractivity contribution in [2.45, 2.75) is 6.61 Å². The van der Waals surface area contributed by atoms with E-state index in [0.29, 0.717) is 11.3 Å². The Labute approximate surface area is 209 Å². The fourth-order valence-electron chi connectivity index (χ4n) is 3.35. The van der Waals surface area contributed by atoms with E-state index in [1.807, 2.05) is 0 Å². The van der Waals surface area contributed by atoms with Crippen molar-refractivity contribution in [1.29, 1.82) is 0 Å². The third kappa shape index (κ3) is 5.29. The average Bonchev–Trinajstić information content (AvgIpc) is 2.82. The van der Waals surface area contributed by atoms with Crippen LogP contribution in [0.15, 0.2) is 66.2 Å². The van der Waals surface area contributed by atoms with Crippen LogP contribution in [-0.2, 0) is 16.2 Å². The maximum absolute atomic E-state index is 13.2. The second kappa shape index (κ2) is 10.2. The molecule has 7 nitrogen and oxygen atoms in total. The van der Waals surface area contributed by atoms with E-state index in [2.05, 4.69) is 5.32 Å². The molecule has 4 amide bonds. The molecule has 1 heterocycles. The lowest BCUT2D eigenvalue weighted by Gasteiger charge is -2.26. The van der Waals surface area contributed by atoms with Gasteiger partial charge in [0, 0.05) is 10.6 Å². The molecule has 0 aliphatic carbocycles. The fourth-order valence-corrected chi connectivity index (χ4v) is 3.92. The smallest absolute Gasteiger partial charge is 0.335 e. The number of urea groups is 1. The van der Waals surface area contributed by atoms with Crippen molar-refractivity contribution in [3.8, 4) is 11.5 Å². The van der Waals surface area contributed by atoms with Gasteiger partial charge < -0.3 is 9.47 Å². The Balaban J connectivity index is 1.69. The van der Waals surface area contributed by atoms with Crippen LogP contribution in [0.5, 0.6) is 11.5 Å². The van der Waals surface area contributed by atoms with E-state index >= 15 is 0 Å². The number of methoxy groups -OCH3 is 1. The van der Waals surface area contributed by atoms with E-state index in [0.717, 1.165) is 4.90 Å². The highest BCUT2D eigenvalue weighted by Crippen LogP contribution is 2.35. The second-order valence-electron chi connectivity index (χ2n) is 7.38. The Morgan fingerprint density at radius 2 is 1.69 bits per heavy atom. The number of hydrogen-bond acceptors (Lipinski definition) is 5. The minimum absolute atomic E-state index is 0.0361. The number of imide groups is 2. The predicted molar refractivity (Wildman–Crippen MR) is 129 cm³/mol. The van der Waals surface area contributed by atoms with Gasteiger partial charge in [-0.2, -0.15) is 0 Å². The fraction of sp³-hybridized carbons (Fsp3) is 0.0800. The van der Waals surface area contributed by atoms with Gasteiger partial charge in [0.1, 0.15) is 29.5 Å². The molecule has 0 bridgehead atoms. The Bertz CT molecular complexity index is 1340. The number of barbiturate groups is 1. The van der Waals surface area contributed by atoms with Crippen molar-refractivity contribution in [3.63, 3.8) is 0 Å². The standard InChI is InChI=1S/C25H17Cl2FN2O5/c1-34-19-8-6-18(7-9-19)30-24(32)20(23(31)29-25(30)33)11-15-10-16(26)12-21(27)22(15)35-13-14-2-4-17(28)5-3-14/h2-12H,13H2,1H3,(H,29,31,33)/b20-11+. The Morgan fingerprint density at radius 1 is 1.00 bits per heavy atom. The van der Waals surface area contributed by atoms with E-state index in [9.17, 15) is 18.8 Å². The first-order valence-electron chi connectivity index (χ1n) is 10.2. The zero-order valence-corrected chi connectivity index (χ0v) is 19.7. The first kappa shape index (κ1) is 24.3. The number of ether oxygens (including phenoxy) is 2. The number of hydrogen-bond donors (Lipinski definition) is 1. The van der Waals surface area contributed by atoms with Crippen LogP contribution in [0, 0.1) is 5.82 Å². The average molecular weight is 515 g/mol. The van der Waals surface area contributed by atoms with Gasteiger partial charge in [0.2, 0.25) is 0 Å². The molecular weight excluding hydrogens is 498 g/mol. The molecular formula is C25H17Cl2FN2O5. The lowest BCUT2D eigenvalue weighted by Crippen LogP contribution is -2.54. The van der Waals surface area contributed by atoms with Crippen molar-refractivity contribution >= 4 is 52.8 Å². The Kier molecular flexibility index (Phi) is 7.04. The summed E-state index contributed by atoms with van der Waals surface area (Å²) in [6.07, 6.45) is 1.25. The van der Waals surface area contributed by atoms with E-state index in [1.54, 1.807) is 24.3 Å². The largest absolute Gasteiger partial charge is 0.497 e. The van der Waals surface area contributed by atoms with Gasteiger partial charge in [0.25, 0.3) is 11.8 Å². The van der Waals surface area contributed by atoms with Crippen molar-refractivity contribution in [1.82, 2.24) is 5.32 Å². The SMILES string of the molecule is COc1ccc(N2C(=O)NC(=O)/C(=C\c3cc(Cl)cc(Cl)c3OCc3ccc(F)cc3)C2=O)cc1. The molecule has 0 radical (unpaired) electrons. The molecule has 3 aromatic carbocycles. The van der Waals surface area contributed by atoms with Crippen LogP contribution >= 0.6 is 23.2 Å². The molecule has 35 heavy (non-hydrogen) atoms. The van der Waals surface area contributed by atoms with E-state index in [-0.39, 0.29) is 45.0 Å². The number of amides is 4. The van der Waals surface area contributed by atoms with Gasteiger partial charge in [-0.15, -0.1) is 0 Å². The number of rotatable bonds is 6. The number of anilines is 1. The summed E-state index contributed by atoms with van der Waals surface area (Å²) in [4.78, 5) is 39.1. The normalized spacial score (nSPS) is 14.8. The summed E-state index contributed by atoms with van der Waals surface area (Å²) in [6.45, 7) is 0.0361. The zero-order chi connectivity index (χ0) is 25.1. The van der Waals surface area contributed by atoms with E-state index < -0.39 is 17.8 Å². The Morgan fingerprint density at radius 3 is 2.34 bits per heavy atom. The van der Waals surface area contributed by atoms with Gasteiger partial charge in [0.05, 0.1) is 17.8 Å². The molecule has 178 valence electrons. The molecule has 0 saturated carbocycles. The number of halogens is 3. The number of carbonyl (C=O) groups is 3. The molecule has 0 atom stereocenters. The molecule has 0 aromatic heterocycles. The zero-order valence-electron chi connectivity index (χ0n) is 18.2. The highest BCUT2D eigenvalue weighted by Gasteiger charge is 2.37. The van der Waals surface area contributed by atoms with Crippen LogP contribution < -0.4 is 19.7 Å². The molecule has 1 aliphatic heterocycles. The van der Waals surface area contributed by atoms with Gasteiger partial charge in [-0.05, 0) is 60.2 Å². The molecule has 0 spiro atoms. The minimum Gasteiger partial charge on any atom is -0.497 e. The van der Waals surface area contributed by atoms with E-state index in [1.165, 1.54) is 49.6 Å². The molecule has 1 aliphatic rings. The highest BCUT2D eigenvalue weighted by atomic mass is 35.5. The first-order chi connectivity index (χ1) is 16.8. The lowest BCUT2D eigenvalue weighted by atomic mass is 10.1. The lowest BCUT2D eigenvalue weighted by molar-refractivity contribution is -0.122. The third-order valence-corrected chi connectivity index (χ3v) is 5.56. The van der Waals surface area contributed by atoms with Crippen LogP contribution in [0.4, 0.5) is 14.9 Å². The molecule has 1 fully saturated rings. The van der Waals surface area contributed by atoms with Gasteiger partial charge in [-0.1, -0.05) is 35.3 Å². The summed E-state index contributed by atoms with van der Waals surface area (Å²) in [6, 6.07) is 13.9. The topological polar surface area (TPSA) is 84.9 Å². The number of nitrogens with one attached hydrogen (secondary N) is 1. The quantitative estimate of drug-likeness (QED) is 0.352. The summed E-state index contributed by atoms with van der Waals surface area (Å²) in [7, 11) is 1.49. The maximum Gasteiger partial charge on any atom is 0.335 e. The molecule has 1 N–H and O–H groups in total. The van der Waals surface area contributed by atoms with Crippen LogP contribution in [0.1, 0.15) is 11.1 Å². The second-order valence-corrected chi connectivity index (χ2v) is 8.22. The van der Waals surface area contributed by atoms with Crippen LogP contribution in [0.2, 0.25) is 10.0 Å². The van der Waals surface area contributed by atoms with Crippen LogP contribution in [0.25, 0.3) is 6.08 Å². The predicted octanol–water partition coefficient (Wildman–Crippen LogP) is 5.39.